The first-order valence-electron chi connectivity index (χ1n) is 20.8. The first kappa shape index (κ1) is 40.2. The number of carbonyl (C=O) groups excluding carboxylic acids is 1. The summed E-state index contributed by atoms with van der Waals surface area (Å²) in [6.45, 7) is 31.7. The van der Waals surface area contributed by atoms with E-state index < -0.39 is 0 Å². The first-order valence-corrected chi connectivity index (χ1v) is 20.8. The summed E-state index contributed by atoms with van der Waals surface area (Å²) in [5.74, 6) is 0.0918. The molecule has 0 saturated heterocycles. The van der Waals surface area contributed by atoms with Gasteiger partial charge >= 0.3 is 0 Å². The highest BCUT2D eigenvalue weighted by Gasteiger charge is 2.37. The average Bonchev–Trinajstić information content (AvgIpc) is 3.15. The number of hydrogen-bond acceptors (Lipinski definition) is 1. The highest BCUT2D eigenvalue weighted by Crippen LogP contribution is 2.46. The maximum atomic E-state index is 15.0. The van der Waals surface area contributed by atoms with Crippen LogP contribution < -0.4 is 0 Å². The molecule has 0 N–H and O–H groups in total. The summed E-state index contributed by atoms with van der Waals surface area (Å²) in [6, 6.07) is 45.0. The van der Waals surface area contributed by atoms with E-state index in [1.807, 2.05) is 0 Å². The third kappa shape index (κ3) is 7.59. The minimum Gasteiger partial charge on any atom is -0.289 e. The van der Waals surface area contributed by atoms with Gasteiger partial charge in [0.15, 0.2) is 5.78 Å². The van der Waals surface area contributed by atoms with Gasteiger partial charge in [-0.25, -0.2) is 0 Å². The maximum Gasteiger partial charge on any atom is 0.193 e. The Hall–Kier alpha value is -5.01. The molecular weight excluding hydrogens is 689 g/mol. The number of carbonyl (C=O) groups is 1. The van der Waals surface area contributed by atoms with Gasteiger partial charge in [0.1, 0.15) is 0 Å². The van der Waals surface area contributed by atoms with Gasteiger partial charge in [-0.15, -0.1) is 0 Å². The van der Waals surface area contributed by atoms with E-state index in [1.165, 1.54) is 44.5 Å². The van der Waals surface area contributed by atoms with Gasteiger partial charge in [-0.3, -0.25) is 4.79 Å². The smallest absolute Gasteiger partial charge is 0.193 e. The first-order chi connectivity index (χ1) is 26.4. The molecule has 57 heavy (non-hydrogen) atoms. The average molecular weight is 751 g/mol. The van der Waals surface area contributed by atoms with Crippen molar-refractivity contribution in [3.8, 4) is 44.5 Å². The lowest BCUT2D eigenvalue weighted by Crippen LogP contribution is -2.30. The predicted octanol–water partition coefficient (Wildman–Crippen LogP) is 15.4. The number of benzene rings is 6. The molecule has 1 nitrogen and oxygen atoms in total. The summed E-state index contributed by atoms with van der Waals surface area (Å²) in [5.41, 5.74) is 17.8. The molecule has 0 atom stereocenters. The molecule has 0 heterocycles. The van der Waals surface area contributed by atoms with Crippen LogP contribution in [0.2, 0.25) is 0 Å². The largest absolute Gasteiger partial charge is 0.289 e. The Morgan fingerprint density at radius 3 is 0.930 bits per heavy atom. The molecule has 0 aliphatic heterocycles. The second-order valence-electron chi connectivity index (χ2n) is 21.2. The van der Waals surface area contributed by atoms with Crippen LogP contribution in [0, 0.1) is 0 Å². The fraction of sp³-hybridized carbons (Fsp3) is 0.339. The van der Waals surface area contributed by atoms with Gasteiger partial charge in [0.25, 0.3) is 0 Å². The summed E-state index contributed by atoms with van der Waals surface area (Å²) < 4.78 is 0. The van der Waals surface area contributed by atoms with Crippen molar-refractivity contribution < 1.29 is 4.79 Å². The van der Waals surface area contributed by atoms with E-state index in [0.717, 1.165) is 44.5 Å². The zero-order valence-corrected chi connectivity index (χ0v) is 37.0. The van der Waals surface area contributed by atoms with Gasteiger partial charge in [-0.05, 0) is 112 Å². The van der Waals surface area contributed by atoms with Gasteiger partial charge in [0, 0.05) is 16.5 Å². The Morgan fingerprint density at radius 2 is 0.614 bits per heavy atom. The van der Waals surface area contributed by atoms with Crippen molar-refractivity contribution in [2.24, 2.45) is 0 Å². The second kappa shape index (κ2) is 13.8. The van der Waals surface area contributed by atoms with E-state index in [9.17, 15) is 4.79 Å². The molecular formula is C56H62O. The highest BCUT2D eigenvalue weighted by atomic mass is 16.1. The third-order valence-corrected chi connectivity index (χ3v) is 12.4. The Labute approximate surface area is 343 Å². The minimum atomic E-state index is -0.354. The summed E-state index contributed by atoms with van der Waals surface area (Å²) in [4.78, 5) is 15.0. The third-order valence-electron chi connectivity index (χ3n) is 12.4. The molecule has 0 amide bonds. The van der Waals surface area contributed by atoms with Crippen molar-refractivity contribution in [2.45, 2.75) is 124 Å². The van der Waals surface area contributed by atoms with E-state index in [4.69, 9.17) is 0 Å². The van der Waals surface area contributed by atoms with Crippen LogP contribution in [0.25, 0.3) is 44.5 Å². The lowest BCUT2D eigenvalue weighted by atomic mass is 9.67. The molecule has 7 rings (SSSR count). The number of fused-ring (bicyclic) bond motifs is 2. The Bertz CT molecular complexity index is 2320. The molecule has 1 aliphatic carbocycles. The zero-order valence-electron chi connectivity index (χ0n) is 37.0. The fourth-order valence-electron chi connectivity index (χ4n) is 8.48. The molecule has 0 radical (unpaired) electrons. The van der Waals surface area contributed by atoms with Crippen molar-refractivity contribution in [1.82, 2.24) is 0 Å². The van der Waals surface area contributed by atoms with E-state index in [2.05, 4.69) is 218 Å². The monoisotopic (exact) mass is 750 g/mol. The van der Waals surface area contributed by atoms with Crippen molar-refractivity contribution >= 4 is 5.78 Å². The molecule has 0 spiro atoms. The molecule has 1 heteroatoms. The molecule has 6 aromatic rings. The molecule has 292 valence electrons. The molecule has 0 fully saturated rings. The quantitative estimate of drug-likeness (QED) is 0.175. The molecule has 1 aliphatic rings. The van der Waals surface area contributed by atoms with Gasteiger partial charge in [-0.1, -0.05) is 206 Å². The van der Waals surface area contributed by atoms with E-state index >= 15 is 0 Å². The topological polar surface area (TPSA) is 17.1 Å². The normalized spacial score (nSPS) is 14.3. The van der Waals surface area contributed by atoms with Gasteiger partial charge in [0.2, 0.25) is 0 Å². The van der Waals surface area contributed by atoms with E-state index in [-0.39, 0.29) is 32.9 Å². The van der Waals surface area contributed by atoms with Gasteiger partial charge in [-0.2, -0.15) is 0 Å². The molecule has 0 unspecified atom stereocenters. The molecule has 6 aromatic carbocycles. The van der Waals surface area contributed by atoms with E-state index in [0.29, 0.717) is 0 Å². The molecule has 0 bridgehead atoms. The lowest BCUT2D eigenvalue weighted by molar-refractivity contribution is 0.103. The molecule has 0 saturated carbocycles. The Kier molecular flexibility index (Phi) is 9.75. The second-order valence-corrected chi connectivity index (χ2v) is 21.2. The lowest BCUT2D eigenvalue weighted by Gasteiger charge is -2.35. The zero-order chi connectivity index (χ0) is 41.5. The van der Waals surface area contributed by atoms with Gasteiger partial charge < -0.3 is 0 Å². The standard InChI is InChI=1S/C56H62O/c1-52(2,3)39-21-15-35(16-22-39)43-27-25-41(54(7,8)9)33-45(43)37-19-29-49-47(31-37)51(57)48-32-38(20-30-50(48)56(49,13)14)46-34-42(55(10,11)12)26-28-44(46)36-17-23-40(24-18-36)53(4,5)6/h15-34H,1-14H3. The SMILES string of the molecule is CC(C)(C)c1ccc(-c2ccc(C(C)(C)C)cc2-c2ccc3c(c2)C(=O)c2cc(-c4cc(C(C)(C)C)ccc4-c4ccc(C(C)(C)C)cc4)ccc2C3(C)C)cc1. The highest BCUT2D eigenvalue weighted by molar-refractivity contribution is 6.14. The summed E-state index contributed by atoms with van der Waals surface area (Å²) in [5, 5.41) is 0. The van der Waals surface area contributed by atoms with Crippen molar-refractivity contribution in [1.29, 1.82) is 0 Å². The fourth-order valence-corrected chi connectivity index (χ4v) is 8.48. The minimum absolute atomic E-state index is 0.0253. The van der Waals surface area contributed by atoms with Crippen LogP contribution in [0.15, 0.2) is 121 Å². The van der Waals surface area contributed by atoms with Crippen molar-refractivity contribution in [3.05, 3.63) is 166 Å². The Balaban J connectivity index is 1.37. The number of ketones is 1. The van der Waals surface area contributed by atoms with Crippen LogP contribution in [-0.4, -0.2) is 5.78 Å². The molecule has 0 aromatic heterocycles. The Morgan fingerprint density at radius 1 is 0.316 bits per heavy atom. The summed E-state index contributed by atoms with van der Waals surface area (Å²) in [7, 11) is 0. The van der Waals surface area contributed by atoms with Crippen molar-refractivity contribution in [2.75, 3.05) is 0 Å². The maximum absolute atomic E-state index is 15.0. The number of rotatable bonds is 4. The van der Waals surface area contributed by atoms with Gasteiger partial charge in [0.05, 0.1) is 0 Å². The van der Waals surface area contributed by atoms with Crippen LogP contribution in [0.4, 0.5) is 0 Å². The number of hydrogen-bond donors (Lipinski definition) is 0. The predicted molar refractivity (Wildman–Crippen MR) is 245 cm³/mol. The summed E-state index contributed by atoms with van der Waals surface area (Å²) in [6.07, 6.45) is 0. The van der Waals surface area contributed by atoms with Crippen molar-refractivity contribution in [3.63, 3.8) is 0 Å². The van der Waals surface area contributed by atoms with Crippen LogP contribution in [0.1, 0.15) is 146 Å². The van der Waals surface area contributed by atoms with Crippen LogP contribution >= 0.6 is 0 Å². The van der Waals surface area contributed by atoms with Crippen LogP contribution in [-0.2, 0) is 27.1 Å². The van der Waals surface area contributed by atoms with Crippen LogP contribution in [0.3, 0.4) is 0 Å². The van der Waals surface area contributed by atoms with E-state index in [1.54, 1.807) is 0 Å². The summed E-state index contributed by atoms with van der Waals surface area (Å²) >= 11 is 0. The van der Waals surface area contributed by atoms with Crippen LogP contribution in [0.5, 0.6) is 0 Å².